The smallest absolute Gasteiger partial charge is 0.227 e. The van der Waals surface area contributed by atoms with Crippen LogP contribution < -0.4 is 25.0 Å². The summed E-state index contributed by atoms with van der Waals surface area (Å²) in [6.07, 6.45) is 2.31. The van der Waals surface area contributed by atoms with Crippen molar-refractivity contribution in [2.45, 2.75) is 6.92 Å². The number of halogens is 2. The molecule has 0 atom stereocenters. The van der Waals surface area contributed by atoms with Crippen LogP contribution >= 0.6 is 23.2 Å². The minimum absolute atomic E-state index is 0.314. The van der Waals surface area contributed by atoms with E-state index in [0.717, 1.165) is 10.9 Å². The molecule has 0 saturated carbocycles. The Morgan fingerprint density at radius 1 is 1.03 bits per heavy atom. The zero-order valence-corrected chi connectivity index (χ0v) is 21.8. The molecule has 186 valence electrons. The van der Waals surface area contributed by atoms with Crippen LogP contribution in [-0.2, 0) is 4.79 Å². The van der Waals surface area contributed by atoms with Crippen molar-refractivity contribution in [1.29, 1.82) is 0 Å². The summed E-state index contributed by atoms with van der Waals surface area (Å²) in [4.78, 5) is 26.9. The summed E-state index contributed by atoms with van der Waals surface area (Å²) in [5.74, 6) is 1.75. The van der Waals surface area contributed by atoms with Crippen LogP contribution in [0, 0.1) is 6.92 Å². The minimum Gasteiger partial charge on any atom is -0.495 e. The number of anilines is 4. The molecule has 4 aromatic rings. The second kappa shape index (κ2) is 10.4. The van der Waals surface area contributed by atoms with E-state index in [1.165, 1.54) is 14.2 Å². The molecule has 0 unspecified atom stereocenters. The number of hydrogen-bond acceptors (Lipinski definition) is 8. The van der Waals surface area contributed by atoms with Crippen LogP contribution in [0.4, 0.5) is 23.1 Å². The Hall–Kier alpha value is -3.82. The fraction of sp³-hybridized carbons (Fsp3) is 0.200. The highest BCUT2D eigenvalue weighted by Crippen LogP contribution is 2.46. The highest BCUT2D eigenvalue weighted by Gasteiger charge is 2.22. The lowest BCUT2D eigenvalue weighted by Crippen LogP contribution is -2.13. The highest BCUT2D eigenvalue weighted by molar-refractivity contribution is 6.41. The van der Waals surface area contributed by atoms with Crippen LogP contribution in [0.3, 0.4) is 0 Å². The molecule has 2 aromatic heterocycles. The number of ether oxygens (including phenoxy) is 2. The molecule has 2 N–H and O–H groups in total. The number of nitrogens with zero attached hydrogens (tertiary/aromatic N) is 4. The summed E-state index contributed by atoms with van der Waals surface area (Å²) in [6.45, 7) is 1.92. The number of aryl methyl sites for hydroxylation is 1. The number of aromatic nitrogens is 3. The zero-order chi connectivity index (χ0) is 26.0. The molecule has 0 aliphatic carbocycles. The van der Waals surface area contributed by atoms with Gasteiger partial charge in [0, 0.05) is 37.3 Å². The monoisotopic (exact) mass is 526 g/mol. The van der Waals surface area contributed by atoms with Gasteiger partial charge in [-0.3, -0.25) is 4.79 Å². The highest BCUT2D eigenvalue weighted by atomic mass is 35.5. The van der Waals surface area contributed by atoms with Crippen molar-refractivity contribution in [3.05, 3.63) is 52.1 Å². The van der Waals surface area contributed by atoms with E-state index in [1.807, 2.05) is 44.1 Å². The third-order valence-electron chi connectivity index (χ3n) is 5.52. The number of hydrogen-bond donors (Lipinski definition) is 2. The van der Waals surface area contributed by atoms with Crippen molar-refractivity contribution in [3.63, 3.8) is 0 Å². The number of fused-ring (bicyclic) bond motifs is 1. The van der Waals surface area contributed by atoms with E-state index >= 15 is 0 Å². The fourth-order valence-electron chi connectivity index (χ4n) is 3.76. The van der Waals surface area contributed by atoms with Crippen molar-refractivity contribution in [2.24, 2.45) is 0 Å². The van der Waals surface area contributed by atoms with Crippen molar-refractivity contribution in [2.75, 3.05) is 43.8 Å². The second-order valence-corrected chi connectivity index (χ2v) is 8.78. The van der Waals surface area contributed by atoms with Crippen LogP contribution in [0.2, 0.25) is 10.0 Å². The topological polar surface area (TPSA) is 102 Å². The number of para-hydroxylation sites is 1. The molecular weight excluding hydrogens is 503 g/mol. The lowest BCUT2D eigenvalue weighted by molar-refractivity contribution is -0.105. The van der Waals surface area contributed by atoms with Gasteiger partial charge < -0.3 is 25.0 Å². The summed E-state index contributed by atoms with van der Waals surface area (Å²) in [5, 5.41) is 7.26. The molecule has 0 bridgehead atoms. The number of carbonyl (C=O) groups excluding carboxylic acids is 1. The number of carbonyl (C=O) groups is 1. The van der Waals surface area contributed by atoms with Crippen LogP contribution in [-0.4, -0.2) is 49.7 Å². The molecule has 36 heavy (non-hydrogen) atoms. The normalized spacial score (nSPS) is 10.8. The third-order valence-corrected chi connectivity index (χ3v) is 6.28. The van der Waals surface area contributed by atoms with Gasteiger partial charge in [0.1, 0.15) is 17.0 Å². The summed E-state index contributed by atoms with van der Waals surface area (Å²) >= 11 is 13.3. The molecule has 0 saturated heterocycles. The molecule has 2 heterocycles. The Labute approximate surface area is 218 Å². The molecule has 0 spiro atoms. The Morgan fingerprint density at radius 3 is 2.33 bits per heavy atom. The fourth-order valence-corrected chi connectivity index (χ4v) is 4.46. The van der Waals surface area contributed by atoms with Gasteiger partial charge >= 0.3 is 0 Å². The molecule has 11 heteroatoms. The lowest BCUT2D eigenvalue weighted by atomic mass is 10.1. The third kappa shape index (κ3) is 4.67. The van der Waals surface area contributed by atoms with Gasteiger partial charge in [-0.05, 0) is 24.6 Å². The number of methoxy groups -OCH3 is 2. The molecule has 0 radical (unpaired) electrons. The van der Waals surface area contributed by atoms with Gasteiger partial charge in [0.25, 0.3) is 0 Å². The average molecular weight is 527 g/mol. The number of pyridine rings is 1. The number of rotatable bonds is 8. The molecule has 4 rings (SSSR count). The van der Waals surface area contributed by atoms with Crippen molar-refractivity contribution < 1.29 is 14.3 Å². The predicted octanol–water partition coefficient (Wildman–Crippen LogP) is 5.70. The first kappa shape index (κ1) is 25.3. The SMILES string of the molecule is COc1cc(OC)c(Cl)c(-c2cc3cnc(Nc4c(C)cccc4NC=O)nc3c(N(C)C)n2)c1Cl. The first-order chi connectivity index (χ1) is 17.3. The Kier molecular flexibility index (Phi) is 7.32. The number of benzene rings is 2. The van der Waals surface area contributed by atoms with Gasteiger partial charge in [-0.15, -0.1) is 0 Å². The average Bonchev–Trinajstić information content (AvgIpc) is 2.86. The molecule has 0 aliphatic heterocycles. The van der Waals surface area contributed by atoms with E-state index in [-0.39, 0.29) is 0 Å². The maximum atomic E-state index is 11.0. The van der Waals surface area contributed by atoms with Crippen molar-refractivity contribution in [3.8, 4) is 22.8 Å². The van der Waals surface area contributed by atoms with Gasteiger partial charge in [0.05, 0.1) is 41.3 Å². The second-order valence-electron chi connectivity index (χ2n) is 8.03. The quantitative estimate of drug-likeness (QED) is 0.282. The molecule has 1 amide bonds. The summed E-state index contributed by atoms with van der Waals surface area (Å²) < 4.78 is 10.8. The summed E-state index contributed by atoms with van der Waals surface area (Å²) in [7, 11) is 6.77. The van der Waals surface area contributed by atoms with Gasteiger partial charge in [-0.1, -0.05) is 35.3 Å². The Balaban J connectivity index is 1.88. The zero-order valence-electron chi connectivity index (χ0n) is 20.3. The molecule has 0 aliphatic rings. The lowest BCUT2D eigenvalue weighted by Gasteiger charge is -2.19. The van der Waals surface area contributed by atoms with Gasteiger partial charge in [0.15, 0.2) is 5.82 Å². The van der Waals surface area contributed by atoms with Gasteiger partial charge in [0.2, 0.25) is 12.4 Å². The molecular formula is C25H24Cl2N6O3. The van der Waals surface area contributed by atoms with Crippen LogP contribution in [0.1, 0.15) is 5.56 Å². The minimum atomic E-state index is 0.314. The van der Waals surface area contributed by atoms with E-state index < -0.39 is 0 Å². The van der Waals surface area contributed by atoms with E-state index in [4.69, 9.17) is 42.6 Å². The largest absolute Gasteiger partial charge is 0.495 e. The van der Waals surface area contributed by atoms with Crippen LogP contribution in [0.25, 0.3) is 22.2 Å². The maximum absolute atomic E-state index is 11.0. The first-order valence-corrected chi connectivity index (χ1v) is 11.6. The molecule has 2 aromatic carbocycles. The van der Waals surface area contributed by atoms with Crippen LogP contribution in [0.15, 0.2) is 36.5 Å². The molecule has 9 nitrogen and oxygen atoms in total. The van der Waals surface area contributed by atoms with E-state index in [2.05, 4.69) is 15.6 Å². The Bertz CT molecular complexity index is 1430. The standard InChI is InChI=1S/C25H24Cl2N6O3/c1-13-7-6-8-15(29-12-34)22(13)31-25-28-11-14-9-16(30-24(33(2)3)23(14)32-25)19-20(26)17(35-4)10-18(36-5)21(19)27/h6-12H,1-5H3,(H,29,34)(H,28,31,32). The maximum Gasteiger partial charge on any atom is 0.227 e. The molecule has 0 fully saturated rings. The number of amides is 1. The van der Waals surface area contributed by atoms with Crippen molar-refractivity contribution in [1.82, 2.24) is 15.0 Å². The van der Waals surface area contributed by atoms with E-state index in [1.54, 1.807) is 18.3 Å². The Morgan fingerprint density at radius 2 is 1.72 bits per heavy atom. The van der Waals surface area contributed by atoms with Gasteiger partial charge in [-0.2, -0.15) is 0 Å². The number of nitrogens with one attached hydrogen (secondary N) is 2. The van der Waals surface area contributed by atoms with Gasteiger partial charge in [-0.25, -0.2) is 15.0 Å². The summed E-state index contributed by atoms with van der Waals surface area (Å²) in [5.41, 5.74) is 3.84. The van der Waals surface area contributed by atoms with E-state index in [9.17, 15) is 4.79 Å². The van der Waals surface area contributed by atoms with E-state index in [0.29, 0.717) is 67.9 Å². The summed E-state index contributed by atoms with van der Waals surface area (Å²) in [6, 6.07) is 9.01. The van der Waals surface area contributed by atoms with Crippen molar-refractivity contribution >= 4 is 63.7 Å². The predicted molar refractivity (Wildman–Crippen MR) is 144 cm³/mol. The van der Waals surface area contributed by atoms with Crippen LogP contribution in [0.5, 0.6) is 11.5 Å². The first-order valence-electron chi connectivity index (χ1n) is 10.8.